The van der Waals surface area contributed by atoms with Gasteiger partial charge in [-0.2, -0.15) is 0 Å². The number of aromatic hydroxyl groups is 1. The number of carbonyl (C=O) groups excluding carboxylic acids is 3. The number of amides is 3. The lowest BCUT2D eigenvalue weighted by Crippen LogP contribution is -2.25. The number of fused-ring (bicyclic) bond motifs is 1. The summed E-state index contributed by atoms with van der Waals surface area (Å²) in [5, 5.41) is 26.7. The molecule has 1 atom stereocenters. The Bertz CT molecular complexity index is 1280. The fourth-order valence-corrected chi connectivity index (χ4v) is 4.44. The van der Waals surface area contributed by atoms with Crippen LogP contribution in [0.15, 0.2) is 54.6 Å². The van der Waals surface area contributed by atoms with Gasteiger partial charge in [-0.05, 0) is 35.6 Å². The quantitative estimate of drug-likeness (QED) is 0.296. The molecule has 1 heterocycles. The van der Waals surface area contributed by atoms with Crippen LogP contribution in [0.1, 0.15) is 11.1 Å². The molecule has 0 spiro atoms. The van der Waals surface area contributed by atoms with Gasteiger partial charge in [-0.15, -0.1) is 0 Å². The maximum atomic E-state index is 12.6. The normalized spacial score (nSPS) is 15.6. The second-order valence-corrected chi connectivity index (χ2v) is 8.39. The van der Waals surface area contributed by atoms with Gasteiger partial charge in [0, 0.05) is 5.56 Å². The number of hydrogen-bond acceptors (Lipinski definition) is 7. The van der Waals surface area contributed by atoms with Gasteiger partial charge >= 0.3 is 0 Å². The summed E-state index contributed by atoms with van der Waals surface area (Å²) in [6, 6.07) is 14.6. The van der Waals surface area contributed by atoms with Crippen LogP contribution in [0.4, 0.5) is 16.2 Å². The third-order valence-corrected chi connectivity index (χ3v) is 6.02. The molecule has 162 valence electrons. The molecule has 32 heavy (non-hydrogen) atoms. The first-order valence-corrected chi connectivity index (χ1v) is 10.5. The third-order valence-electron chi connectivity index (χ3n) is 5.04. The summed E-state index contributed by atoms with van der Waals surface area (Å²) < 4.78 is 0. The molecule has 9 nitrogen and oxygen atoms in total. The van der Waals surface area contributed by atoms with Crippen LogP contribution >= 0.6 is 11.8 Å². The molecule has 0 bridgehead atoms. The molecule has 0 aromatic heterocycles. The number of nitro groups is 1. The van der Waals surface area contributed by atoms with Crippen LogP contribution in [0, 0.1) is 10.1 Å². The van der Waals surface area contributed by atoms with Crippen molar-refractivity contribution in [1.82, 2.24) is 5.32 Å². The van der Waals surface area contributed by atoms with E-state index in [-0.39, 0.29) is 41.4 Å². The Hall–Kier alpha value is -3.92. The molecule has 0 radical (unpaired) electrons. The van der Waals surface area contributed by atoms with Crippen LogP contribution in [0.5, 0.6) is 5.75 Å². The number of nitrogens with zero attached hydrogens (tertiary/aromatic N) is 1. The van der Waals surface area contributed by atoms with E-state index in [1.165, 1.54) is 12.1 Å². The molecule has 3 aromatic carbocycles. The number of anilines is 1. The lowest BCUT2D eigenvalue weighted by Gasteiger charge is -2.11. The zero-order valence-corrected chi connectivity index (χ0v) is 17.3. The average molecular weight is 451 g/mol. The standard InChI is InChI=1S/C22H17N3O6S/c26-17-8-5-12(10-18-21(28)24-22(29)32-18)9-16(17)23-19(27)11-14-7-6-13-3-1-2-4-15(13)20(14)25(30)31/h1-9,18,26H,10-11H2,(H,23,27)(H,24,28,29). The minimum atomic E-state index is -0.587. The second kappa shape index (κ2) is 8.67. The molecule has 1 aliphatic rings. The van der Waals surface area contributed by atoms with Gasteiger partial charge in [-0.1, -0.05) is 48.2 Å². The first-order chi connectivity index (χ1) is 15.3. The van der Waals surface area contributed by atoms with Gasteiger partial charge < -0.3 is 10.4 Å². The van der Waals surface area contributed by atoms with Crippen molar-refractivity contribution >= 4 is 51.0 Å². The second-order valence-electron chi connectivity index (χ2n) is 7.22. The van der Waals surface area contributed by atoms with Crippen LogP contribution in [0.3, 0.4) is 0 Å². The van der Waals surface area contributed by atoms with Crippen molar-refractivity contribution in [2.24, 2.45) is 0 Å². The predicted molar refractivity (Wildman–Crippen MR) is 120 cm³/mol. The van der Waals surface area contributed by atoms with E-state index in [0.717, 1.165) is 11.8 Å². The average Bonchev–Trinajstić information content (AvgIpc) is 3.06. The zero-order chi connectivity index (χ0) is 22.8. The number of nitrogens with one attached hydrogen (secondary N) is 2. The van der Waals surface area contributed by atoms with Gasteiger partial charge in [0.25, 0.3) is 10.9 Å². The summed E-state index contributed by atoms with van der Waals surface area (Å²) >= 11 is 0.886. The highest BCUT2D eigenvalue weighted by atomic mass is 32.2. The number of rotatable bonds is 6. The zero-order valence-electron chi connectivity index (χ0n) is 16.5. The van der Waals surface area contributed by atoms with Crippen LogP contribution < -0.4 is 10.6 Å². The summed E-state index contributed by atoms with van der Waals surface area (Å²) in [5.74, 6) is -1.11. The topological polar surface area (TPSA) is 139 Å². The number of phenolic OH excluding ortho intramolecular Hbond substituents is 1. The Kier molecular flexibility index (Phi) is 5.78. The monoisotopic (exact) mass is 451 g/mol. The summed E-state index contributed by atoms with van der Waals surface area (Å²) in [4.78, 5) is 46.9. The largest absolute Gasteiger partial charge is 0.506 e. The fourth-order valence-electron chi connectivity index (χ4n) is 3.58. The van der Waals surface area contributed by atoms with Crippen LogP contribution in [-0.2, 0) is 22.4 Å². The Morgan fingerprint density at radius 2 is 1.94 bits per heavy atom. The van der Waals surface area contributed by atoms with Crippen LogP contribution in [-0.4, -0.2) is 32.3 Å². The van der Waals surface area contributed by atoms with Crippen molar-refractivity contribution in [2.45, 2.75) is 18.1 Å². The molecule has 0 aliphatic carbocycles. The predicted octanol–water partition coefficient (Wildman–Crippen LogP) is 3.53. The molecule has 10 heteroatoms. The van der Waals surface area contributed by atoms with Gasteiger partial charge in [0.2, 0.25) is 11.8 Å². The molecule has 1 saturated heterocycles. The highest BCUT2D eigenvalue weighted by Gasteiger charge is 2.31. The van der Waals surface area contributed by atoms with Gasteiger partial charge in [0.15, 0.2) is 0 Å². The Morgan fingerprint density at radius 1 is 1.16 bits per heavy atom. The molecule has 1 aliphatic heterocycles. The number of thioether (sulfide) groups is 1. The number of phenols is 1. The van der Waals surface area contributed by atoms with Gasteiger partial charge in [0.1, 0.15) is 5.75 Å². The lowest BCUT2D eigenvalue weighted by molar-refractivity contribution is -0.383. The summed E-state index contributed by atoms with van der Waals surface area (Å²) in [5.41, 5.74) is 0.868. The molecular formula is C22H17N3O6S. The fraction of sp³-hybridized carbons (Fsp3) is 0.136. The van der Waals surface area contributed by atoms with Crippen molar-refractivity contribution < 1.29 is 24.4 Å². The van der Waals surface area contributed by atoms with Crippen molar-refractivity contribution in [3.05, 3.63) is 75.8 Å². The maximum Gasteiger partial charge on any atom is 0.286 e. The number of hydrogen-bond donors (Lipinski definition) is 3. The first-order valence-electron chi connectivity index (χ1n) is 9.60. The minimum absolute atomic E-state index is 0.116. The summed E-state index contributed by atoms with van der Waals surface area (Å²) in [6.07, 6.45) is -0.0261. The van der Waals surface area contributed by atoms with E-state index in [0.29, 0.717) is 16.3 Å². The first kappa shape index (κ1) is 21.3. The maximum absolute atomic E-state index is 12.6. The van der Waals surface area contributed by atoms with E-state index in [1.807, 2.05) is 0 Å². The van der Waals surface area contributed by atoms with E-state index < -0.39 is 21.3 Å². The van der Waals surface area contributed by atoms with Crippen molar-refractivity contribution in [3.8, 4) is 5.75 Å². The molecule has 4 rings (SSSR count). The van der Waals surface area contributed by atoms with E-state index in [2.05, 4.69) is 10.6 Å². The van der Waals surface area contributed by atoms with Crippen LogP contribution in [0.2, 0.25) is 0 Å². The number of benzene rings is 3. The Balaban J connectivity index is 1.53. The van der Waals surface area contributed by atoms with Gasteiger partial charge in [-0.3, -0.25) is 29.8 Å². The Morgan fingerprint density at radius 3 is 2.66 bits per heavy atom. The highest BCUT2D eigenvalue weighted by Crippen LogP contribution is 2.31. The summed E-state index contributed by atoms with van der Waals surface area (Å²) in [6.45, 7) is 0. The SMILES string of the molecule is O=C(Cc1ccc2ccccc2c1[N+](=O)[O-])Nc1cc(CC2SC(=O)NC2=O)ccc1O. The van der Waals surface area contributed by atoms with E-state index in [4.69, 9.17) is 0 Å². The number of nitro benzene ring substituents is 1. The molecule has 1 fully saturated rings. The number of carbonyl (C=O) groups is 3. The van der Waals surface area contributed by atoms with E-state index in [9.17, 15) is 29.6 Å². The molecule has 3 N–H and O–H groups in total. The summed E-state index contributed by atoms with van der Waals surface area (Å²) in [7, 11) is 0. The van der Waals surface area contributed by atoms with Crippen molar-refractivity contribution in [3.63, 3.8) is 0 Å². The van der Waals surface area contributed by atoms with Gasteiger partial charge in [-0.25, -0.2) is 0 Å². The highest BCUT2D eigenvalue weighted by molar-refractivity contribution is 8.15. The van der Waals surface area contributed by atoms with Crippen molar-refractivity contribution in [1.29, 1.82) is 0 Å². The number of imide groups is 1. The molecule has 1 unspecified atom stereocenters. The molecule has 3 amide bonds. The van der Waals surface area contributed by atoms with E-state index >= 15 is 0 Å². The smallest absolute Gasteiger partial charge is 0.286 e. The van der Waals surface area contributed by atoms with E-state index in [1.54, 1.807) is 42.5 Å². The minimum Gasteiger partial charge on any atom is -0.506 e. The van der Waals surface area contributed by atoms with Gasteiger partial charge in [0.05, 0.1) is 27.7 Å². The third kappa shape index (κ3) is 4.40. The Labute approximate surface area is 186 Å². The van der Waals surface area contributed by atoms with Crippen molar-refractivity contribution in [2.75, 3.05) is 5.32 Å². The molecular weight excluding hydrogens is 434 g/mol. The molecule has 3 aromatic rings. The van der Waals surface area contributed by atoms with Crippen LogP contribution in [0.25, 0.3) is 10.8 Å². The lowest BCUT2D eigenvalue weighted by atomic mass is 10.0. The molecule has 0 saturated carbocycles.